The Morgan fingerprint density at radius 2 is 1.50 bits per heavy atom. The second kappa shape index (κ2) is 7.47. The van der Waals surface area contributed by atoms with Crippen LogP contribution in [0.1, 0.15) is 11.1 Å². The number of rotatable bonds is 5. The second-order valence-electron chi connectivity index (χ2n) is 5.76. The second-order valence-corrected chi connectivity index (χ2v) is 5.76. The maximum Gasteiger partial charge on any atom is 0.224 e. The molecule has 3 heteroatoms. The third kappa shape index (κ3) is 4.23. The highest BCUT2D eigenvalue weighted by Gasteiger charge is 2.04. The zero-order chi connectivity index (χ0) is 16.8. The zero-order valence-corrected chi connectivity index (χ0v) is 13.4. The number of amides is 1. The van der Waals surface area contributed by atoms with Gasteiger partial charge in [-0.2, -0.15) is 0 Å². The van der Waals surface area contributed by atoms with Gasteiger partial charge in [-0.1, -0.05) is 66.7 Å². The summed E-state index contributed by atoms with van der Waals surface area (Å²) >= 11 is 0. The van der Waals surface area contributed by atoms with Crippen molar-refractivity contribution < 1.29 is 4.79 Å². The molecule has 120 valence electrons. The van der Waals surface area contributed by atoms with E-state index in [0.29, 0.717) is 18.7 Å². The number of nitrogen functional groups attached to an aromatic ring is 1. The highest BCUT2D eigenvalue weighted by molar-refractivity contribution is 5.78. The predicted molar refractivity (Wildman–Crippen MR) is 98.3 cm³/mol. The van der Waals surface area contributed by atoms with Crippen LogP contribution in [0.2, 0.25) is 0 Å². The highest BCUT2D eigenvalue weighted by atomic mass is 16.1. The third-order valence-corrected chi connectivity index (χ3v) is 3.87. The number of nitrogens with two attached hydrogens (primary N) is 1. The molecule has 3 aromatic carbocycles. The van der Waals surface area contributed by atoms with Crippen molar-refractivity contribution in [3.05, 3.63) is 90.0 Å². The lowest BCUT2D eigenvalue weighted by atomic mass is 10.0. The minimum atomic E-state index is 0.00452. The lowest BCUT2D eigenvalue weighted by Gasteiger charge is -2.07. The van der Waals surface area contributed by atoms with Crippen LogP contribution in [0.5, 0.6) is 0 Å². The minimum absolute atomic E-state index is 0.00452. The van der Waals surface area contributed by atoms with Crippen LogP contribution in [0, 0.1) is 0 Å². The summed E-state index contributed by atoms with van der Waals surface area (Å²) in [5.41, 5.74) is 10.8. The van der Waals surface area contributed by atoms with E-state index in [1.807, 2.05) is 54.6 Å². The predicted octanol–water partition coefficient (Wildman–Crippen LogP) is 3.79. The van der Waals surface area contributed by atoms with Gasteiger partial charge in [0.25, 0.3) is 0 Å². The average Bonchev–Trinajstić information content (AvgIpc) is 2.61. The van der Waals surface area contributed by atoms with Gasteiger partial charge in [-0.05, 0) is 34.4 Å². The van der Waals surface area contributed by atoms with Crippen LogP contribution in [-0.2, 0) is 17.8 Å². The molecular formula is C21H20N2O. The lowest BCUT2D eigenvalue weighted by Crippen LogP contribution is -2.24. The molecule has 1 amide bonds. The molecule has 0 unspecified atom stereocenters. The van der Waals surface area contributed by atoms with Gasteiger partial charge in [0.05, 0.1) is 6.42 Å². The van der Waals surface area contributed by atoms with Crippen LogP contribution in [0.25, 0.3) is 11.1 Å². The topological polar surface area (TPSA) is 55.1 Å². The van der Waals surface area contributed by atoms with Crippen LogP contribution < -0.4 is 11.1 Å². The quantitative estimate of drug-likeness (QED) is 0.704. The van der Waals surface area contributed by atoms with Gasteiger partial charge in [0, 0.05) is 12.2 Å². The van der Waals surface area contributed by atoms with Gasteiger partial charge >= 0.3 is 0 Å². The molecular weight excluding hydrogens is 296 g/mol. The zero-order valence-electron chi connectivity index (χ0n) is 13.4. The van der Waals surface area contributed by atoms with Gasteiger partial charge in [0.15, 0.2) is 0 Å². The van der Waals surface area contributed by atoms with Gasteiger partial charge in [0.2, 0.25) is 5.91 Å². The van der Waals surface area contributed by atoms with E-state index in [9.17, 15) is 4.79 Å². The summed E-state index contributed by atoms with van der Waals surface area (Å²) in [6, 6.07) is 25.8. The largest absolute Gasteiger partial charge is 0.399 e. The van der Waals surface area contributed by atoms with E-state index in [4.69, 9.17) is 5.73 Å². The molecule has 0 radical (unpaired) electrons. The Morgan fingerprint density at radius 1 is 0.792 bits per heavy atom. The molecule has 0 atom stereocenters. The summed E-state index contributed by atoms with van der Waals surface area (Å²) < 4.78 is 0. The molecule has 3 nitrogen and oxygen atoms in total. The molecule has 0 aliphatic heterocycles. The van der Waals surface area contributed by atoms with Crippen molar-refractivity contribution in [1.82, 2.24) is 5.32 Å². The van der Waals surface area contributed by atoms with E-state index in [1.165, 1.54) is 5.56 Å². The maximum atomic E-state index is 12.1. The molecule has 0 heterocycles. The van der Waals surface area contributed by atoms with Crippen LogP contribution >= 0.6 is 0 Å². The Balaban J connectivity index is 1.57. The number of hydrogen-bond donors (Lipinski definition) is 2. The molecule has 0 bridgehead atoms. The van der Waals surface area contributed by atoms with E-state index in [0.717, 1.165) is 16.7 Å². The summed E-state index contributed by atoms with van der Waals surface area (Å²) in [6.45, 7) is 0.492. The Kier molecular flexibility index (Phi) is 4.92. The Bertz CT molecular complexity index is 811. The molecule has 0 aliphatic carbocycles. The van der Waals surface area contributed by atoms with E-state index < -0.39 is 0 Å². The van der Waals surface area contributed by atoms with Crippen LogP contribution in [0.15, 0.2) is 78.9 Å². The molecule has 0 saturated heterocycles. The third-order valence-electron chi connectivity index (χ3n) is 3.87. The van der Waals surface area contributed by atoms with Gasteiger partial charge < -0.3 is 11.1 Å². The highest BCUT2D eigenvalue weighted by Crippen LogP contribution is 2.19. The van der Waals surface area contributed by atoms with E-state index in [2.05, 4.69) is 29.6 Å². The Morgan fingerprint density at radius 3 is 2.21 bits per heavy atom. The molecule has 0 spiro atoms. The van der Waals surface area contributed by atoms with Crippen LogP contribution in [-0.4, -0.2) is 5.91 Å². The molecule has 3 N–H and O–H groups in total. The minimum Gasteiger partial charge on any atom is -0.399 e. The Hall–Kier alpha value is -3.07. The first-order chi connectivity index (χ1) is 11.7. The number of hydrogen-bond acceptors (Lipinski definition) is 2. The van der Waals surface area contributed by atoms with Crippen LogP contribution in [0.3, 0.4) is 0 Å². The smallest absolute Gasteiger partial charge is 0.224 e. The normalized spacial score (nSPS) is 10.3. The van der Waals surface area contributed by atoms with Crippen LogP contribution in [0.4, 0.5) is 5.69 Å². The Labute approximate surface area is 142 Å². The number of carbonyl (C=O) groups excluding carboxylic acids is 1. The van der Waals surface area contributed by atoms with E-state index >= 15 is 0 Å². The monoisotopic (exact) mass is 316 g/mol. The van der Waals surface area contributed by atoms with Crippen molar-refractivity contribution in [2.75, 3.05) is 5.73 Å². The summed E-state index contributed by atoms with van der Waals surface area (Å²) in [4.78, 5) is 12.1. The first-order valence-electron chi connectivity index (χ1n) is 7.96. The summed E-state index contributed by atoms with van der Waals surface area (Å²) in [6.07, 6.45) is 0.372. The molecule has 3 aromatic rings. The van der Waals surface area contributed by atoms with Gasteiger partial charge in [0.1, 0.15) is 0 Å². The summed E-state index contributed by atoms with van der Waals surface area (Å²) in [7, 11) is 0. The van der Waals surface area contributed by atoms with E-state index in [1.54, 1.807) is 0 Å². The van der Waals surface area contributed by atoms with Crippen molar-refractivity contribution in [1.29, 1.82) is 0 Å². The fourth-order valence-electron chi connectivity index (χ4n) is 2.60. The standard InChI is InChI=1S/C21H20N2O/c22-20-8-4-5-17(13-20)15-23-21(24)14-16-9-11-19(12-10-16)18-6-2-1-3-7-18/h1-13H,14-15,22H2,(H,23,24). The SMILES string of the molecule is Nc1cccc(CNC(=O)Cc2ccc(-c3ccccc3)cc2)c1. The van der Waals surface area contributed by atoms with Gasteiger partial charge in [-0.15, -0.1) is 0 Å². The number of benzene rings is 3. The van der Waals surface area contributed by atoms with Crippen molar-refractivity contribution >= 4 is 11.6 Å². The van der Waals surface area contributed by atoms with Crippen molar-refractivity contribution in [2.24, 2.45) is 0 Å². The number of nitrogens with one attached hydrogen (secondary N) is 1. The van der Waals surface area contributed by atoms with Crippen molar-refractivity contribution in [3.8, 4) is 11.1 Å². The first-order valence-corrected chi connectivity index (χ1v) is 7.96. The van der Waals surface area contributed by atoms with Crippen molar-refractivity contribution in [2.45, 2.75) is 13.0 Å². The van der Waals surface area contributed by atoms with E-state index in [-0.39, 0.29) is 5.91 Å². The number of carbonyl (C=O) groups is 1. The van der Waals surface area contributed by atoms with Gasteiger partial charge in [-0.3, -0.25) is 4.79 Å². The molecule has 0 fully saturated rings. The summed E-state index contributed by atoms with van der Waals surface area (Å²) in [5, 5.41) is 2.93. The molecule has 24 heavy (non-hydrogen) atoms. The average molecular weight is 316 g/mol. The molecule has 0 saturated carbocycles. The summed E-state index contributed by atoms with van der Waals surface area (Å²) in [5.74, 6) is 0.00452. The fraction of sp³-hybridized carbons (Fsp3) is 0.0952. The molecule has 0 aliphatic rings. The number of anilines is 1. The van der Waals surface area contributed by atoms with Crippen molar-refractivity contribution in [3.63, 3.8) is 0 Å². The fourth-order valence-corrected chi connectivity index (χ4v) is 2.60. The molecule has 0 aromatic heterocycles. The van der Waals surface area contributed by atoms with Gasteiger partial charge in [-0.25, -0.2) is 0 Å². The molecule has 3 rings (SSSR count). The lowest BCUT2D eigenvalue weighted by molar-refractivity contribution is -0.120. The maximum absolute atomic E-state index is 12.1. The first kappa shape index (κ1) is 15.8.